The first-order chi connectivity index (χ1) is 8.25. The molecule has 1 saturated heterocycles. The molecule has 90 valence electrons. The van der Waals surface area contributed by atoms with Crippen molar-refractivity contribution < 1.29 is 0 Å². The summed E-state index contributed by atoms with van der Waals surface area (Å²) in [7, 11) is 2.16. The van der Waals surface area contributed by atoms with E-state index in [1.54, 1.807) is 11.3 Å². The number of aromatic nitrogens is 2. The number of hydrogen-bond donors (Lipinski definition) is 1. The van der Waals surface area contributed by atoms with Crippen LogP contribution in [-0.2, 0) is 0 Å². The van der Waals surface area contributed by atoms with E-state index in [0.29, 0.717) is 12.1 Å². The Balaban J connectivity index is 2.04. The molecule has 2 aromatic heterocycles. The summed E-state index contributed by atoms with van der Waals surface area (Å²) in [5.74, 6) is 0. The lowest BCUT2D eigenvalue weighted by atomic mass is 9.93. The molecule has 2 unspecified atom stereocenters. The van der Waals surface area contributed by atoms with Gasteiger partial charge in [0.25, 0.3) is 0 Å². The molecule has 0 bridgehead atoms. The van der Waals surface area contributed by atoms with Crippen molar-refractivity contribution in [3.63, 3.8) is 0 Å². The van der Waals surface area contributed by atoms with Crippen molar-refractivity contribution in [3.05, 3.63) is 23.3 Å². The molecule has 17 heavy (non-hydrogen) atoms. The molecule has 1 aliphatic heterocycles. The highest BCUT2D eigenvalue weighted by Crippen LogP contribution is 2.33. The summed E-state index contributed by atoms with van der Waals surface area (Å²) in [5.41, 5.74) is 10.3. The molecule has 2 N–H and O–H groups in total. The van der Waals surface area contributed by atoms with Gasteiger partial charge in [-0.25, -0.2) is 9.97 Å². The van der Waals surface area contributed by atoms with Crippen LogP contribution < -0.4 is 5.73 Å². The van der Waals surface area contributed by atoms with Crippen molar-refractivity contribution in [1.82, 2.24) is 14.9 Å². The van der Waals surface area contributed by atoms with Gasteiger partial charge < -0.3 is 5.73 Å². The van der Waals surface area contributed by atoms with Crippen molar-refractivity contribution >= 4 is 21.7 Å². The predicted octanol–water partition coefficient (Wildman–Crippen LogP) is 1.79. The topological polar surface area (TPSA) is 55.0 Å². The predicted molar refractivity (Wildman–Crippen MR) is 70.0 cm³/mol. The van der Waals surface area contributed by atoms with Crippen LogP contribution in [0.15, 0.2) is 17.8 Å². The fourth-order valence-electron chi connectivity index (χ4n) is 2.54. The van der Waals surface area contributed by atoms with Gasteiger partial charge in [0.05, 0.1) is 5.51 Å². The minimum Gasteiger partial charge on any atom is -0.328 e. The van der Waals surface area contributed by atoms with Gasteiger partial charge in [0.1, 0.15) is 10.3 Å². The van der Waals surface area contributed by atoms with Gasteiger partial charge in [-0.1, -0.05) is 0 Å². The Hall–Kier alpha value is -1.04. The lowest BCUT2D eigenvalue weighted by Gasteiger charge is -2.36. The second-order valence-corrected chi connectivity index (χ2v) is 5.52. The van der Waals surface area contributed by atoms with E-state index in [1.807, 2.05) is 11.7 Å². The van der Waals surface area contributed by atoms with Gasteiger partial charge in [-0.2, -0.15) is 0 Å². The second-order valence-electron chi connectivity index (χ2n) is 4.69. The van der Waals surface area contributed by atoms with Gasteiger partial charge in [-0.3, -0.25) is 4.90 Å². The molecule has 0 radical (unpaired) electrons. The summed E-state index contributed by atoms with van der Waals surface area (Å²) >= 11 is 1.60. The highest BCUT2D eigenvalue weighted by molar-refractivity contribution is 7.16. The Kier molecular flexibility index (Phi) is 2.82. The van der Waals surface area contributed by atoms with E-state index in [4.69, 9.17) is 5.73 Å². The number of fused-ring (bicyclic) bond motifs is 1. The lowest BCUT2D eigenvalue weighted by Crippen LogP contribution is -2.40. The van der Waals surface area contributed by atoms with Crippen molar-refractivity contribution in [2.45, 2.75) is 24.9 Å². The zero-order valence-electron chi connectivity index (χ0n) is 9.84. The number of hydrogen-bond acceptors (Lipinski definition) is 5. The second kappa shape index (κ2) is 4.33. The Bertz CT molecular complexity index is 524. The highest BCUT2D eigenvalue weighted by Gasteiger charge is 2.27. The molecule has 2 aromatic rings. The maximum atomic E-state index is 6.08. The Morgan fingerprint density at radius 2 is 2.35 bits per heavy atom. The van der Waals surface area contributed by atoms with Crippen LogP contribution in [0.4, 0.5) is 0 Å². The van der Waals surface area contributed by atoms with Crippen LogP contribution in [0.1, 0.15) is 24.4 Å². The number of piperidine rings is 1. The zero-order valence-corrected chi connectivity index (χ0v) is 10.7. The molecular weight excluding hydrogens is 232 g/mol. The van der Waals surface area contributed by atoms with E-state index >= 15 is 0 Å². The van der Waals surface area contributed by atoms with Crippen LogP contribution in [0, 0.1) is 0 Å². The van der Waals surface area contributed by atoms with Gasteiger partial charge in [0.2, 0.25) is 0 Å². The molecule has 1 fully saturated rings. The van der Waals surface area contributed by atoms with Crippen LogP contribution in [0.25, 0.3) is 10.3 Å². The quantitative estimate of drug-likeness (QED) is 0.836. The minimum absolute atomic E-state index is 0.304. The monoisotopic (exact) mass is 248 g/mol. The molecule has 3 heterocycles. The van der Waals surface area contributed by atoms with Crippen LogP contribution in [0.3, 0.4) is 0 Å². The molecular formula is C12H16N4S. The third kappa shape index (κ3) is 1.94. The maximum absolute atomic E-state index is 6.08. The normalized spacial score (nSPS) is 26.5. The Morgan fingerprint density at radius 3 is 3.24 bits per heavy atom. The van der Waals surface area contributed by atoms with E-state index in [0.717, 1.165) is 29.7 Å². The molecule has 0 amide bonds. The number of pyridine rings is 1. The van der Waals surface area contributed by atoms with E-state index in [9.17, 15) is 0 Å². The summed E-state index contributed by atoms with van der Waals surface area (Å²) in [5, 5.41) is 0. The molecule has 0 saturated carbocycles. The molecule has 0 aliphatic carbocycles. The molecule has 0 spiro atoms. The van der Waals surface area contributed by atoms with Crippen LogP contribution in [0.5, 0.6) is 0 Å². The third-order valence-corrected chi connectivity index (χ3v) is 4.27. The maximum Gasteiger partial charge on any atom is 0.143 e. The molecule has 2 atom stereocenters. The summed E-state index contributed by atoms with van der Waals surface area (Å²) in [6, 6.07) is 2.77. The summed E-state index contributed by atoms with van der Waals surface area (Å²) in [4.78, 5) is 12.2. The number of nitrogens with zero attached hydrogens (tertiary/aromatic N) is 3. The Morgan fingerprint density at radius 1 is 1.47 bits per heavy atom. The van der Waals surface area contributed by atoms with Gasteiger partial charge >= 0.3 is 0 Å². The lowest BCUT2D eigenvalue weighted by molar-refractivity contribution is 0.172. The van der Waals surface area contributed by atoms with Gasteiger partial charge in [0, 0.05) is 18.3 Å². The zero-order chi connectivity index (χ0) is 11.8. The van der Waals surface area contributed by atoms with E-state index < -0.39 is 0 Å². The van der Waals surface area contributed by atoms with Crippen molar-refractivity contribution in [1.29, 1.82) is 0 Å². The van der Waals surface area contributed by atoms with Crippen LogP contribution in [0.2, 0.25) is 0 Å². The molecule has 1 aliphatic rings. The first kappa shape index (κ1) is 11.1. The van der Waals surface area contributed by atoms with Crippen molar-refractivity contribution in [2.24, 2.45) is 5.73 Å². The van der Waals surface area contributed by atoms with Gasteiger partial charge in [-0.05, 0) is 38.1 Å². The fraction of sp³-hybridized carbons (Fsp3) is 0.500. The molecule has 4 nitrogen and oxygen atoms in total. The van der Waals surface area contributed by atoms with E-state index in [-0.39, 0.29) is 0 Å². The highest BCUT2D eigenvalue weighted by atomic mass is 32.1. The fourth-order valence-corrected chi connectivity index (χ4v) is 3.20. The van der Waals surface area contributed by atoms with E-state index in [2.05, 4.69) is 28.0 Å². The minimum atomic E-state index is 0.304. The number of thiazole rings is 1. The third-order valence-electron chi connectivity index (χ3n) is 3.54. The average Bonchev–Trinajstić information content (AvgIpc) is 2.80. The summed E-state index contributed by atoms with van der Waals surface area (Å²) in [6.45, 7) is 1.06. The van der Waals surface area contributed by atoms with Crippen LogP contribution >= 0.6 is 11.3 Å². The largest absolute Gasteiger partial charge is 0.328 e. The number of rotatable bonds is 1. The SMILES string of the molecule is CN1CCC(N)CC1c1ccnc2scnc12. The number of nitrogens with two attached hydrogens (primary N) is 1. The smallest absolute Gasteiger partial charge is 0.143 e. The van der Waals surface area contributed by atoms with Gasteiger partial charge in [-0.15, -0.1) is 11.3 Å². The summed E-state index contributed by atoms with van der Waals surface area (Å²) < 4.78 is 0. The van der Waals surface area contributed by atoms with Crippen molar-refractivity contribution in [2.75, 3.05) is 13.6 Å². The first-order valence-corrected chi connectivity index (χ1v) is 6.77. The standard InChI is InChI=1S/C12H16N4S/c1-16-5-3-8(13)6-10(16)9-2-4-14-12-11(9)15-7-17-12/h2,4,7-8,10H,3,5-6,13H2,1H3. The van der Waals surface area contributed by atoms with Crippen molar-refractivity contribution in [3.8, 4) is 0 Å². The molecule has 0 aromatic carbocycles. The Labute approximate surface area is 104 Å². The van der Waals surface area contributed by atoms with Gasteiger partial charge in [0.15, 0.2) is 0 Å². The summed E-state index contributed by atoms with van der Waals surface area (Å²) in [6.07, 6.45) is 3.97. The average molecular weight is 248 g/mol. The number of likely N-dealkylation sites (tertiary alicyclic amines) is 1. The van der Waals surface area contributed by atoms with Crippen LogP contribution in [-0.4, -0.2) is 34.5 Å². The molecule has 5 heteroatoms. The molecule has 3 rings (SSSR count). The van der Waals surface area contributed by atoms with E-state index in [1.165, 1.54) is 5.56 Å². The first-order valence-electron chi connectivity index (χ1n) is 5.89.